The van der Waals surface area contributed by atoms with E-state index in [0.717, 1.165) is 0 Å². The van der Waals surface area contributed by atoms with Crippen LogP contribution in [0.15, 0.2) is 12.1 Å². The number of benzene rings is 1. The molecule has 2 heterocycles. The van der Waals surface area contributed by atoms with E-state index < -0.39 is 58.4 Å². The lowest BCUT2D eigenvalue weighted by Gasteiger charge is -2.27. The van der Waals surface area contributed by atoms with Crippen LogP contribution >= 0.6 is 0 Å². The van der Waals surface area contributed by atoms with Crippen molar-refractivity contribution in [3.63, 3.8) is 0 Å². The van der Waals surface area contributed by atoms with Crippen molar-refractivity contribution >= 4 is 23.6 Å². The molecule has 0 aliphatic carbocycles. The summed E-state index contributed by atoms with van der Waals surface area (Å²) in [6.45, 7) is 0. The third kappa shape index (κ3) is 2.25. The number of hydrogen-bond donors (Lipinski definition) is 1. The average Bonchev–Trinajstić information content (AvgIpc) is 2.71. The quantitative estimate of drug-likeness (QED) is 0.614. The summed E-state index contributed by atoms with van der Waals surface area (Å²) >= 11 is 0. The maximum atomic E-state index is 14.1. The van der Waals surface area contributed by atoms with Crippen LogP contribution in [0, 0.1) is 5.82 Å². The first kappa shape index (κ1) is 16.1. The second kappa shape index (κ2) is 5.11. The number of rotatable bonds is 1. The fourth-order valence-corrected chi connectivity index (χ4v) is 2.74. The smallest absolute Gasteiger partial charge is 0.295 e. The van der Waals surface area contributed by atoms with Crippen LogP contribution < -0.4 is 5.32 Å². The fraction of sp³-hybridized carbons (Fsp3) is 0.286. The molecule has 126 valence electrons. The summed E-state index contributed by atoms with van der Waals surface area (Å²) in [5.74, 6) is -5.78. The molecule has 24 heavy (non-hydrogen) atoms. The zero-order valence-electron chi connectivity index (χ0n) is 11.7. The van der Waals surface area contributed by atoms with Gasteiger partial charge in [0, 0.05) is 6.42 Å². The number of fused-ring (bicyclic) bond motifs is 1. The van der Waals surface area contributed by atoms with Crippen LogP contribution in [0.5, 0.6) is 0 Å². The van der Waals surface area contributed by atoms with Crippen molar-refractivity contribution in [1.29, 1.82) is 0 Å². The molecule has 1 saturated heterocycles. The Labute approximate surface area is 131 Å². The van der Waals surface area contributed by atoms with Gasteiger partial charge < -0.3 is 0 Å². The van der Waals surface area contributed by atoms with Crippen molar-refractivity contribution in [3.05, 3.63) is 34.6 Å². The van der Waals surface area contributed by atoms with E-state index in [2.05, 4.69) is 0 Å². The highest BCUT2D eigenvalue weighted by atomic mass is 19.4. The monoisotopic (exact) mass is 344 g/mol. The Morgan fingerprint density at radius 3 is 2.33 bits per heavy atom. The maximum absolute atomic E-state index is 14.1. The van der Waals surface area contributed by atoms with Gasteiger partial charge in [0.2, 0.25) is 11.8 Å². The lowest BCUT2D eigenvalue weighted by Crippen LogP contribution is -2.54. The van der Waals surface area contributed by atoms with Gasteiger partial charge in [-0.1, -0.05) is 0 Å². The summed E-state index contributed by atoms with van der Waals surface area (Å²) < 4.78 is 52.4. The molecule has 3 rings (SSSR count). The summed E-state index contributed by atoms with van der Waals surface area (Å²) in [5, 5.41) is 1.93. The third-order valence-corrected chi connectivity index (χ3v) is 3.85. The number of hydrogen-bond acceptors (Lipinski definition) is 4. The molecule has 0 spiro atoms. The summed E-state index contributed by atoms with van der Waals surface area (Å²) in [7, 11) is 0. The highest BCUT2D eigenvalue weighted by Gasteiger charge is 2.48. The normalized spacial score (nSPS) is 21.2. The third-order valence-electron chi connectivity index (χ3n) is 3.85. The molecule has 4 amide bonds. The van der Waals surface area contributed by atoms with E-state index in [1.807, 2.05) is 5.32 Å². The van der Waals surface area contributed by atoms with Crippen LogP contribution in [-0.2, 0) is 15.8 Å². The average molecular weight is 344 g/mol. The number of imide groups is 2. The molecule has 6 nitrogen and oxygen atoms in total. The summed E-state index contributed by atoms with van der Waals surface area (Å²) in [6.07, 6.45) is -5.37. The van der Waals surface area contributed by atoms with Crippen molar-refractivity contribution in [1.82, 2.24) is 10.2 Å². The van der Waals surface area contributed by atoms with Crippen LogP contribution in [0.1, 0.15) is 39.1 Å². The molecule has 10 heteroatoms. The zero-order valence-corrected chi connectivity index (χ0v) is 11.7. The van der Waals surface area contributed by atoms with E-state index in [0.29, 0.717) is 17.0 Å². The van der Waals surface area contributed by atoms with E-state index in [-0.39, 0.29) is 12.8 Å². The topological polar surface area (TPSA) is 83.6 Å². The first-order chi connectivity index (χ1) is 11.1. The number of nitrogens with one attached hydrogen (secondary N) is 1. The van der Waals surface area contributed by atoms with Gasteiger partial charge in [-0.05, 0) is 18.6 Å². The largest absolute Gasteiger partial charge is 0.419 e. The van der Waals surface area contributed by atoms with Crippen molar-refractivity contribution in [2.75, 3.05) is 0 Å². The first-order valence-corrected chi connectivity index (χ1v) is 6.74. The minimum atomic E-state index is -5.04. The molecule has 2 aliphatic rings. The van der Waals surface area contributed by atoms with E-state index in [1.54, 1.807) is 0 Å². The molecule has 1 unspecified atom stereocenters. The summed E-state index contributed by atoms with van der Waals surface area (Å²) in [5.41, 5.74) is -3.23. The highest BCUT2D eigenvalue weighted by molar-refractivity contribution is 6.23. The van der Waals surface area contributed by atoms with Gasteiger partial charge in [0.15, 0.2) is 0 Å². The number of piperidine rings is 1. The van der Waals surface area contributed by atoms with E-state index in [9.17, 15) is 36.7 Å². The molecule has 0 bridgehead atoms. The highest BCUT2D eigenvalue weighted by Crippen LogP contribution is 2.37. The Morgan fingerprint density at radius 1 is 1.08 bits per heavy atom. The lowest BCUT2D eigenvalue weighted by atomic mass is 10.0. The molecule has 1 N–H and O–H groups in total. The van der Waals surface area contributed by atoms with Gasteiger partial charge in [-0.2, -0.15) is 13.2 Å². The van der Waals surface area contributed by atoms with E-state index in [4.69, 9.17) is 0 Å². The minimum Gasteiger partial charge on any atom is -0.295 e. The molecule has 0 saturated carbocycles. The molecular weight excluding hydrogens is 336 g/mol. The van der Waals surface area contributed by atoms with Crippen LogP contribution in [0.3, 0.4) is 0 Å². The van der Waals surface area contributed by atoms with E-state index in [1.165, 1.54) is 0 Å². The number of carbonyl (C=O) groups excluding carboxylic acids is 4. The van der Waals surface area contributed by atoms with Crippen molar-refractivity contribution in [3.8, 4) is 0 Å². The first-order valence-electron chi connectivity index (χ1n) is 6.74. The number of halogens is 4. The lowest BCUT2D eigenvalue weighted by molar-refractivity contribution is -0.140. The van der Waals surface area contributed by atoms with Gasteiger partial charge in [0.25, 0.3) is 11.8 Å². The SMILES string of the molecule is O=C1CCC(N2C(=O)c3ccc(C(F)(F)F)c(F)c3C2=O)C(=O)N1. The zero-order chi connectivity index (χ0) is 17.8. The number of nitrogens with zero attached hydrogens (tertiary/aromatic N) is 1. The molecule has 2 aliphatic heterocycles. The van der Waals surface area contributed by atoms with Gasteiger partial charge in [0.1, 0.15) is 11.9 Å². The predicted molar refractivity (Wildman–Crippen MR) is 68.1 cm³/mol. The van der Waals surface area contributed by atoms with E-state index >= 15 is 0 Å². The van der Waals surface area contributed by atoms with Gasteiger partial charge in [-0.25, -0.2) is 4.39 Å². The Balaban J connectivity index is 2.05. The van der Waals surface area contributed by atoms with Gasteiger partial charge in [-0.3, -0.25) is 29.4 Å². The minimum absolute atomic E-state index is 0.153. The molecule has 0 radical (unpaired) electrons. The second-order valence-electron chi connectivity index (χ2n) is 5.29. The number of alkyl halides is 3. The van der Waals surface area contributed by atoms with Crippen molar-refractivity contribution < 1.29 is 36.7 Å². The Kier molecular flexibility index (Phi) is 3.43. The predicted octanol–water partition coefficient (Wildman–Crippen LogP) is 1.25. The second-order valence-corrected chi connectivity index (χ2v) is 5.29. The standard InChI is InChI=1S/C14H8F4N2O4/c15-10-6(14(16,17)18)2-1-5-9(10)13(24)20(12(5)23)7-3-4-8(21)19-11(7)22/h1-2,7H,3-4H2,(H,19,21,22). The van der Waals surface area contributed by atoms with Crippen molar-refractivity contribution in [2.24, 2.45) is 0 Å². The number of carbonyl (C=O) groups is 4. The van der Waals surface area contributed by atoms with Crippen LogP contribution in [-0.4, -0.2) is 34.6 Å². The van der Waals surface area contributed by atoms with Crippen LogP contribution in [0.25, 0.3) is 0 Å². The Hall–Kier alpha value is -2.78. The Bertz CT molecular complexity index is 803. The summed E-state index contributed by atoms with van der Waals surface area (Å²) in [6, 6.07) is -0.301. The van der Waals surface area contributed by atoms with Crippen LogP contribution in [0.4, 0.5) is 17.6 Å². The van der Waals surface area contributed by atoms with Crippen molar-refractivity contribution in [2.45, 2.75) is 25.1 Å². The summed E-state index contributed by atoms with van der Waals surface area (Å²) in [4.78, 5) is 47.8. The molecule has 0 aromatic heterocycles. The maximum Gasteiger partial charge on any atom is 0.419 e. The fourth-order valence-electron chi connectivity index (χ4n) is 2.74. The molecule has 1 atom stereocenters. The number of amides is 4. The van der Waals surface area contributed by atoms with Gasteiger partial charge in [0.05, 0.1) is 16.7 Å². The molecule has 1 fully saturated rings. The molecular formula is C14H8F4N2O4. The molecule has 1 aromatic carbocycles. The van der Waals surface area contributed by atoms with Gasteiger partial charge in [-0.15, -0.1) is 0 Å². The van der Waals surface area contributed by atoms with Gasteiger partial charge >= 0.3 is 6.18 Å². The molecule has 1 aromatic rings. The van der Waals surface area contributed by atoms with Crippen LogP contribution in [0.2, 0.25) is 0 Å². The Morgan fingerprint density at radius 2 is 1.75 bits per heavy atom.